The van der Waals surface area contributed by atoms with Crippen molar-refractivity contribution < 1.29 is 27.1 Å². The lowest BCUT2D eigenvalue weighted by molar-refractivity contribution is -0.00553. The fourth-order valence-corrected chi connectivity index (χ4v) is 10.9. The van der Waals surface area contributed by atoms with Crippen LogP contribution in [0.25, 0.3) is 0 Å². The van der Waals surface area contributed by atoms with E-state index < -0.39 is 37.1 Å². The van der Waals surface area contributed by atoms with E-state index in [2.05, 4.69) is 45.0 Å². The van der Waals surface area contributed by atoms with Gasteiger partial charge in [-0.15, -0.1) is 0 Å². The fourth-order valence-electron chi connectivity index (χ4n) is 6.38. The maximum absolute atomic E-state index is 16.3. The Kier molecular flexibility index (Phi) is 9.16. The van der Waals surface area contributed by atoms with Crippen molar-refractivity contribution in [1.29, 1.82) is 0 Å². The monoisotopic (exact) mass is 617 g/mol. The van der Waals surface area contributed by atoms with Gasteiger partial charge in [-0.25, -0.2) is 13.2 Å². The van der Waals surface area contributed by atoms with Gasteiger partial charge in [0.2, 0.25) is 0 Å². The van der Waals surface area contributed by atoms with Gasteiger partial charge in [0.15, 0.2) is 17.4 Å². The molecule has 1 fully saturated rings. The van der Waals surface area contributed by atoms with E-state index in [4.69, 9.17) is 9.16 Å². The highest BCUT2D eigenvalue weighted by Gasteiger charge is 2.50. The molecule has 2 unspecified atom stereocenters. The molecular formula is C36H38F3NO3Si. The third-order valence-electron chi connectivity index (χ3n) is 8.22. The molecule has 0 N–H and O–H groups in total. The van der Waals surface area contributed by atoms with Crippen molar-refractivity contribution in [2.75, 3.05) is 18.0 Å². The highest BCUT2D eigenvalue weighted by Crippen LogP contribution is 2.39. The third-order valence-corrected chi connectivity index (χ3v) is 13.2. The Morgan fingerprint density at radius 1 is 0.818 bits per heavy atom. The second-order valence-electron chi connectivity index (χ2n) is 12.5. The third kappa shape index (κ3) is 5.98. The summed E-state index contributed by atoms with van der Waals surface area (Å²) in [4.78, 5) is 15.2. The van der Waals surface area contributed by atoms with Crippen molar-refractivity contribution in [1.82, 2.24) is 0 Å². The van der Waals surface area contributed by atoms with Gasteiger partial charge in [0, 0.05) is 18.7 Å². The zero-order valence-electron chi connectivity index (χ0n) is 25.7. The number of ether oxygens (including phenoxy) is 1. The van der Waals surface area contributed by atoms with E-state index in [0.717, 1.165) is 16.4 Å². The quantitative estimate of drug-likeness (QED) is 0.157. The van der Waals surface area contributed by atoms with Crippen LogP contribution in [0.2, 0.25) is 5.04 Å². The van der Waals surface area contributed by atoms with Crippen LogP contribution in [0.1, 0.15) is 56.1 Å². The van der Waals surface area contributed by atoms with E-state index in [9.17, 15) is 9.18 Å². The van der Waals surface area contributed by atoms with Crippen LogP contribution in [0.3, 0.4) is 0 Å². The molecule has 0 amide bonds. The van der Waals surface area contributed by atoms with Crippen LogP contribution in [0.5, 0.6) is 0 Å². The maximum Gasteiger partial charge on any atom is 0.261 e. The average Bonchev–Trinajstić information content (AvgIpc) is 2.99. The van der Waals surface area contributed by atoms with Crippen molar-refractivity contribution in [2.45, 2.75) is 58.5 Å². The first kappa shape index (κ1) is 31.7. The average molecular weight is 618 g/mol. The lowest BCUT2D eigenvalue weighted by atomic mass is 9.98. The van der Waals surface area contributed by atoms with Crippen LogP contribution < -0.4 is 15.3 Å². The minimum Gasteiger partial charge on any atom is -0.403 e. The minimum absolute atomic E-state index is 0.0347. The Morgan fingerprint density at radius 2 is 1.34 bits per heavy atom. The summed E-state index contributed by atoms with van der Waals surface area (Å²) in [5, 5.41) is 1.68. The summed E-state index contributed by atoms with van der Waals surface area (Å²) in [6.07, 6.45) is -0.460. The van der Waals surface area contributed by atoms with E-state index in [1.165, 1.54) is 24.3 Å². The predicted molar refractivity (Wildman–Crippen MR) is 171 cm³/mol. The van der Waals surface area contributed by atoms with E-state index in [0.29, 0.717) is 18.7 Å². The van der Waals surface area contributed by atoms with Crippen molar-refractivity contribution in [2.24, 2.45) is 0 Å². The van der Waals surface area contributed by atoms with Crippen LogP contribution in [-0.4, -0.2) is 39.4 Å². The van der Waals surface area contributed by atoms with Gasteiger partial charge in [-0.3, -0.25) is 4.79 Å². The molecule has 0 aromatic heterocycles. The first-order valence-electron chi connectivity index (χ1n) is 14.9. The normalized spacial score (nSPS) is 17.5. The van der Waals surface area contributed by atoms with Crippen molar-refractivity contribution in [3.05, 3.63) is 125 Å². The molecule has 8 heteroatoms. The van der Waals surface area contributed by atoms with Gasteiger partial charge in [-0.05, 0) is 47.5 Å². The molecule has 4 aromatic carbocycles. The molecule has 0 bridgehead atoms. The summed E-state index contributed by atoms with van der Waals surface area (Å²) >= 11 is 0. The predicted octanol–water partition coefficient (Wildman–Crippen LogP) is 7.03. The standard InChI is InChI=1S/C36H38F3NO3Si/c1-24-21-40(22-25(2)43-24)34-26(20-30(32(38)33(34)39)35(41)29-18-12-13-19-31(29)37)23-42-44(36(3,4)5,27-14-8-6-9-15-27)28-16-10-7-11-17-28/h6-20,24-25H,21-23H2,1-5H3. The number of hydrogen-bond acceptors (Lipinski definition) is 4. The largest absolute Gasteiger partial charge is 0.403 e. The first-order chi connectivity index (χ1) is 20.9. The van der Waals surface area contributed by atoms with Gasteiger partial charge in [0.05, 0.1) is 35.6 Å². The molecule has 4 nitrogen and oxygen atoms in total. The lowest BCUT2D eigenvalue weighted by Gasteiger charge is -2.43. The molecule has 1 saturated heterocycles. The number of anilines is 1. The molecule has 1 aliphatic heterocycles. The number of benzene rings is 4. The Bertz CT molecular complexity index is 1580. The van der Waals surface area contributed by atoms with Gasteiger partial charge >= 0.3 is 0 Å². The van der Waals surface area contributed by atoms with E-state index in [1.807, 2.05) is 50.2 Å². The summed E-state index contributed by atoms with van der Waals surface area (Å²) in [7, 11) is -3.08. The molecule has 0 aliphatic carbocycles. The number of hydrogen-bond donors (Lipinski definition) is 0. The number of carbonyl (C=O) groups excluding carboxylic acids is 1. The molecule has 0 spiro atoms. The van der Waals surface area contributed by atoms with Gasteiger partial charge in [0.1, 0.15) is 5.82 Å². The van der Waals surface area contributed by atoms with Crippen molar-refractivity contribution >= 4 is 30.2 Å². The van der Waals surface area contributed by atoms with Crippen molar-refractivity contribution in [3.8, 4) is 0 Å². The topological polar surface area (TPSA) is 38.8 Å². The molecule has 4 aromatic rings. The van der Waals surface area contributed by atoms with E-state index in [-0.39, 0.29) is 35.1 Å². The van der Waals surface area contributed by atoms with Gasteiger partial charge < -0.3 is 14.1 Å². The Balaban J connectivity index is 1.69. The van der Waals surface area contributed by atoms with Crippen LogP contribution >= 0.6 is 0 Å². The highest BCUT2D eigenvalue weighted by molar-refractivity contribution is 6.99. The molecule has 1 aliphatic rings. The van der Waals surface area contributed by atoms with Crippen LogP contribution in [0, 0.1) is 17.5 Å². The molecule has 2 atom stereocenters. The summed E-state index contributed by atoms with van der Waals surface area (Å²) < 4.78 is 59.8. The lowest BCUT2D eigenvalue weighted by Crippen LogP contribution is -2.66. The molecule has 230 valence electrons. The maximum atomic E-state index is 16.3. The Morgan fingerprint density at radius 3 is 1.86 bits per heavy atom. The summed E-state index contributed by atoms with van der Waals surface area (Å²) in [6.45, 7) is 10.7. The summed E-state index contributed by atoms with van der Waals surface area (Å²) in [5.74, 6) is -4.20. The smallest absolute Gasteiger partial charge is 0.261 e. The van der Waals surface area contributed by atoms with Crippen LogP contribution in [-0.2, 0) is 15.8 Å². The number of morpholine rings is 1. The number of rotatable bonds is 8. The summed E-state index contributed by atoms with van der Waals surface area (Å²) in [6, 6.07) is 26.7. The molecule has 1 heterocycles. The second-order valence-corrected chi connectivity index (χ2v) is 16.8. The minimum atomic E-state index is -3.08. The van der Waals surface area contributed by atoms with Gasteiger partial charge in [-0.2, -0.15) is 0 Å². The van der Waals surface area contributed by atoms with Crippen LogP contribution in [0.4, 0.5) is 18.9 Å². The fraction of sp³-hybridized carbons (Fsp3) is 0.306. The zero-order chi connectivity index (χ0) is 31.6. The second kappa shape index (κ2) is 12.7. The molecular weight excluding hydrogens is 579 g/mol. The molecule has 0 radical (unpaired) electrons. The van der Waals surface area contributed by atoms with Crippen LogP contribution in [0.15, 0.2) is 91.0 Å². The molecule has 0 saturated carbocycles. The summed E-state index contributed by atoms with van der Waals surface area (Å²) in [5.41, 5.74) is -0.511. The number of nitrogens with zero attached hydrogens (tertiary/aromatic N) is 1. The SMILES string of the molecule is CC1CN(c2c(CO[Si](c3ccccc3)(c3ccccc3)C(C)(C)C)cc(C(=O)c3ccccc3F)c(F)c2F)CC(C)O1. The number of ketones is 1. The molecule has 44 heavy (non-hydrogen) atoms. The van der Waals surface area contributed by atoms with Gasteiger partial charge in [-0.1, -0.05) is 93.6 Å². The number of carbonyl (C=O) groups is 1. The first-order valence-corrected chi connectivity index (χ1v) is 16.8. The van der Waals surface area contributed by atoms with E-state index in [1.54, 1.807) is 4.90 Å². The Hall–Kier alpha value is -3.72. The van der Waals surface area contributed by atoms with E-state index >= 15 is 8.78 Å². The Labute approximate surface area is 258 Å². The zero-order valence-corrected chi connectivity index (χ0v) is 26.7. The number of halogens is 3. The highest BCUT2D eigenvalue weighted by atomic mass is 28.4. The van der Waals surface area contributed by atoms with Gasteiger partial charge in [0.25, 0.3) is 8.32 Å². The van der Waals surface area contributed by atoms with Crippen molar-refractivity contribution in [3.63, 3.8) is 0 Å². The molecule has 5 rings (SSSR count).